The molecule has 0 saturated heterocycles. The molecule has 0 unspecified atom stereocenters. The molecule has 188 valence electrons. The van der Waals surface area contributed by atoms with Gasteiger partial charge in [0.25, 0.3) is 10.6 Å². The predicted octanol–water partition coefficient (Wildman–Crippen LogP) is 4.19. The quantitative estimate of drug-likeness (QED) is 0.145. The van der Waals surface area contributed by atoms with Gasteiger partial charge in [-0.1, -0.05) is 77.0 Å². The minimum atomic E-state index is -0.495. The third kappa shape index (κ3) is 6.62. The van der Waals surface area contributed by atoms with Gasteiger partial charge in [-0.2, -0.15) is 4.57 Å². The zero-order valence-corrected chi connectivity index (χ0v) is 23.7. The molecule has 0 fully saturated rings. The third-order valence-corrected chi connectivity index (χ3v) is 8.91. The van der Waals surface area contributed by atoms with E-state index in [9.17, 15) is 9.59 Å². The van der Waals surface area contributed by atoms with E-state index < -0.39 is 5.97 Å². The van der Waals surface area contributed by atoms with Crippen LogP contribution in [0, 0.1) is 18.8 Å². The van der Waals surface area contributed by atoms with Gasteiger partial charge >= 0.3 is 5.97 Å². The normalized spacial score (nSPS) is 12.2. The molecule has 0 spiro atoms. The first-order chi connectivity index (χ1) is 17.9. The summed E-state index contributed by atoms with van der Waals surface area (Å²) in [6.45, 7) is 4.23. The Kier molecular flexibility index (Phi) is 9.06. The lowest BCUT2D eigenvalue weighted by molar-refractivity contribution is -0.685. The number of benzene rings is 2. The summed E-state index contributed by atoms with van der Waals surface area (Å²) >= 11 is 10.5. The molecule has 0 saturated carbocycles. The number of halogens is 1. The Balaban J connectivity index is 1.89. The molecule has 4 aromatic rings. The average molecular weight is 568 g/mol. The van der Waals surface area contributed by atoms with Crippen molar-refractivity contribution in [1.29, 1.82) is 0 Å². The maximum atomic E-state index is 13.6. The highest BCUT2D eigenvalue weighted by Gasteiger charge is 2.17. The molecule has 37 heavy (non-hydrogen) atoms. The topological polar surface area (TPSA) is 52.2 Å². The fourth-order valence-corrected chi connectivity index (χ4v) is 6.80. The Morgan fingerprint density at radius 3 is 2.76 bits per heavy atom. The average Bonchev–Trinajstić information content (AvgIpc) is 3.45. The number of thioether (sulfide) groups is 1. The van der Waals surface area contributed by atoms with E-state index in [4.69, 9.17) is 16.3 Å². The molecule has 0 bridgehead atoms. The molecule has 0 aliphatic rings. The third-order valence-electron chi connectivity index (χ3n) is 5.39. The van der Waals surface area contributed by atoms with Gasteiger partial charge in [-0.3, -0.25) is 14.2 Å². The standard InChI is InChI=1S/C28H24ClN2O3S3/c1-4-8-22(36-23-15-21(29)12-11-19(23)2)27-28(33)31(18-26(32)34-3)25(37-27)16-24-30(13-14-35-24)17-20-9-6-5-7-10-20/h5-7,9-16H,17-18H2,1-3H3/q+1/b27-22+. The molecule has 0 N–H and O–H groups in total. The van der Waals surface area contributed by atoms with Gasteiger partial charge in [-0.05, 0) is 31.5 Å². The van der Waals surface area contributed by atoms with Gasteiger partial charge in [0.05, 0.1) is 23.5 Å². The molecule has 0 atom stereocenters. The fraction of sp³-hybridized carbons (Fsp3) is 0.179. The number of carbonyl (C=O) groups excluding carboxylic acids is 1. The van der Waals surface area contributed by atoms with E-state index in [1.165, 1.54) is 40.3 Å². The minimum Gasteiger partial charge on any atom is -0.468 e. The van der Waals surface area contributed by atoms with Crippen molar-refractivity contribution in [3.8, 4) is 11.8 Å². The lowest BCUT2D eigenvalue weighted by Gasteiger charge is -2.05. The highest BCUT2D eigenvalue weighted by molar-refractivity contribution is 8.08. The first kappa shape index (κ1) is 27.0. The van der Waals surface area contributed by atoms with E-state index >= 15 is 0 Å². The number of esters is 1. The number of ether oxygens (including phenoxy) is 1. The molecular formula is C28H24ClN2O3S3+. The van der Waals surface area contributed by atoms with Gasteiger partial charge < -0.3 is 4.74 Å². The smallest absolute Gasteiger partial charge is 0.325 e. The van der Waals surface area contributed by atoms with E-state index in [0.29, 0.717) is 25.7 Å². The number of hydrogen-bond donors (Lipinski definition) is 0. The highest BCUT2D eigenvalue weighted by Crippen LogP contribution is 2.31. The van der Waals surface area contributed by atoms with Crippen LogP contribution in [-0.4, -0.2) is 17.6 Å². The summed E-state index contributed by atoms with van der Waals surface area (Å²) in [5, 5.41) is 3.57. The van der Waals surface area contributed by atoms with Gasteiger partial charge in [0, 0.05) is 15.5 Å². The molecule has 0 amide bonds. The molecule has 9 heteroatoms. The lowest BCUT2D eigenvalue weighted by Crippen LogP contribution is -2.37. The van der Waals surface area contributed by atoms with E-state index in [0.717, 1.165) is 15.5 Å². The molecular weight excluding hydrogens is 544 g/mol. The lowest BCUT2D eigenvalue weighted by atomic mass is 10.2. The van der Waals surface area contributed by atoms with Crippen LogP contribution in [0.25, 0.3) is 11.0 Å². The Bertz CT molecular complexity index is 1680. The van der Waals surface area contributed by atoms with Crippen molar-refractivity contribution in [2.75, 3.05) is 7.11 Å². The second-order valence-electron chi connectivity index (χ2n) is 7.95. The number of carbonyl (C=O) groups is 1. The second kappa shape index (κ2) is 12.4. The van der Waals surface area contributed by atoms with Gasteiger partial charge in [-0.15, -0.1) is 17.3 Å². The molecule has 5 nitrogen and oxygen atoms in total. The first-order valence-electron chi connectivity index (χ1n) is 11.3. The van der Waals surface area contributed by atoms with Crippen molar-refractivity contribution in [3.05, 3.63) is 101 Å². The van der Waals surface area contributed by atoms with Crippen LogP contribution >= 0.6 is 46.0 Å². The number of hydrogen-bond acceptors (Lipinski definition) is 6. The number of thiazole rings is 2. The van der Waals surface area contributed by atoms with Crippen LogP contribution in [0.3, 0.4) is 0 Å². The summed E-state index contributed by atoms with van der Waals surface area (Å²) in [5.74, 6) is 5.53. The number of aryl methyl sites for hydroxylation is 1. The summed E-state index contributed by atoms with van der Waals surface area (Å²) in [7, 11) is 1.31. The zero-order chi connectivity index (χ0) is 26.4. The van der Waals surface area contributed by atoms with Crippen molar-refractivity contribution < 1.29 is 14.1 Å². The number of nitrogens with zero attached hydrogens (tertiary/aromatic N) is 2. The van der Waals surface area contributed by atoms with Gasteiger partial charge in [0.15, 0.2) is 12.7 Å². The summed E-state index contributed by atoms with van der Waals surface area (Å²) in [6.07, 6.45) is 3.96. The van der Waals surface area contributed by atoms with Crippen LogP contribution in [0.15, 0.2) is 69.8 Å². The van der Waals surface area contributed by atoms with Crippen LogP contribution in [-0.2, 0) is 22.6 Å². The molecule has 0 radical (unpaired) electrons. The first-order valence-corrected chi connectivity index (χ1v) is 14.2. The predicted molar refractivity (Wildman–Crippen MR) is 152 cm³/mol. The van der Waals surface area contributed by atoms with Gasteiger partial charge in [0.1, 0.15) is 15.7 Å². The van der Waals surface area contributed by atoms with Crippen LogP contribution in [0.5, 0.6) is 0 Å². The van der Waals surface area contributed by atoms with Gasteiger partial charge in [0.2, 0.25) is 0 Å². The Hall–Kier alpha value is -3.09. The van der Waals surface area contributed by atoms with Crippen molar-refractivity contribution in [2.45, 2.75) is 31.8 Å². The SMILES string of the molecule is CC#C/C(Sc1cc(Cl)ccc1C)=c1\s/c(=C\c2scc[n+]2Cc2ccccc2)n(CC(=O)OC)c1=O. The van der Waals surface area contributed by atoms with Crippen molar-refractivity contribution in [3.63, 3.8) is 0 Å². The maximum Gasteiger partial charge on any atom is 0.325 e. The van der Waals surface area contributed by atoms with Crippen LogP contribution < -0.4 is 19.3 Å². The van der Waals surface area contributed by atoms with E-state index in [1.807, 2.05) is 61.0 Å². The maximum absolute atomic E-state index is 13.6. The molecule has 4 rings (SSSR count). The Morgan fingerprint density at radius 1 is 1.24 bits per heavy atom. The van der Waals surface area contributed by atoms with Crippen molar-refractivity contribution in [2.24, 2.45) is 0 Å². The van der Waals surface area contributed by atoms with Crippen LogP contribution in [0.1, 0.15) is 23.1 Å². The summed E-state index contributed by atoms with van der Waals surface area (Å²) in [6, 6.07) is 15.8. The van der Waals surface area contributed by atoms with Crippen molar-refractivity contribution >= 4 is 63.0 Å². The molecule has 2 heterocycles. The molecule has 2 aromatic heterocycles. The fourth-order valence-electron chi connectivity index (χ4n) is 3.50. The molecule has 2 aromatic carbocycles. The number of methoxy groups -OCH3 is 1. The summed E-state index contributed by atoms with van der Waals surface area (Å²) < 4.78 is 9.58. The summed E-state index contributed by atoms with van der Waals surface area (Å²) in [4.78, 5) is 27.4. The summed E-state index contributed by atoms with van der Waals surface area (Å²) in [5.41, 5.74) is 1.92. The van der Waals surface area contributed by atoms with E-state index in [2.05, 4.69) is 28.5 Å². The Morgan fingerprint density at radius 2 is 2.03 bits per heavy atom. The van der Waals surface area contributed by atoms with Crippen molar-refractivity contribution in [1.82, 2.24) is 4.57 Å². The highest BCUT2D eigenvalue weighted by atomic mass is 35.5. The zero-order valence-electron chi connectivity index (χ0n) is 20.5. The van der Waals surface area contributed by atoms with E-state index in [-0.39, 0.29) is 12.1 Å². The number of aromatic nitrogens is 2. The van der Waals surface area contributed by atoms with E-state index in [1.54, 1.807) is 18.3 Å². The Labute approximate surface area is 232 Å². The minimum absolute atomic E-state index is 0.185. The molecule has 0 aliphatic carbocycles. The second-order valence-corrected chi connectivity index (χ2v) is 11.4. The number of rotatable bonds is 7. The van der Waals surface area contributed by atoms with Crippen LogP contribution in [0.4, 0.5) is 0 Å². The monoisotopic (exact) mass is 567 g/mol. The largest absolute Gasteiger partial charge is 0.468 e. The molecule has 0 aliphatic heterocycles. The van der Waals surface area contributed by atoms with Crippen LogP contribution in [0.2, 0.25) is 5.02 Å². The van der Waals surface area contributed by atoms with Gasteiger partial charge in [-0.25, -0.2) is 0 Å².